The van der Waals surface area contributed by atoms with Crippen LogP contribution in [0.4, 0.5) is 0 Å². The Bertz CT molecular complexity index is 151. The molecule has 0 amide bonds. The lowest BCUT2D eigenvalue weighted by atomic mass is 9.72. The highest BCUT2D eigenvalue weighted by molar-refractivity contribution is 4.78. The van der Waals surface area contributed by atoms with E-state index in [4.69, 9.17) is 0 Å². The van der Waals surface area contributed by atoms with Crippen molar-refractivity contribution in [3.63, 3.8) is 0 Å². The van der Waals surface area contributed by atoms with Gasteiger partial charge in [0.15, 0.2) is 0 Å². The van der Waals surface area contributed by atoms with E-state index < -0.39 is 0 Å². The third-order valence-electron chi connectivity index (χ3n) is 4.68. The maximum Gasteiger partial charge on any atom is -0.0300 e. The first-order valence-corrected chi connectivity index (χ1v) is 8.74. The van der Waals surface area contributed by atoms with Crippen LogP contribution in [-0.4, -0.2) is 0 Å². The highest BCUT2D eigenvalue weighted by atomic mass is 14.3. The summed E-state index contributed by atoms with van der Waals surface area (Å²) < 4.78 is 0. The lowest BCUT2D eigenvalue weighted by molar-refractivity contribution is 0.189. The fraction of sp³-hybridized carbons (Fsp3) is 1.00. The average molecular weight is 255 g/mol. The molecule has 0 rings (SSSR count). The maximum atomic E-state index is 2.43. The van der Waals surface area contributed by atoms with Gasteiger partial charge in [0, 0.05) is 0 Å². The van der Waals surface area contributed by atoms with E-state index in [1.165, 1.54) is 83.5 Å². The van der Waals surface area contributed by atoms with Crippen molar-refractivity contribution >= 4 is 0 Å². The topological polar surface area (TPSA) is 0 Å². The molecule has 0 heteroatoms. The summed E-state index contributed by atoms with van der Waals surface area (Å²) in [6, 6.07) is 0. The van der Waals surface area contributed by atoms with Gasteiger partial charge in [-0.05, 0) is 24.7 Å². The zero-order chi connectivity index (χ0) is 13.7. The Balaban J connectivity index is 4.07. The van der Waals surface area contributed by atoms with Crippen LogP contribution in [0.1, 0.15) is 111 Å². The molecule has 0 atom stereocenters. The quantitative estimate of drug-likeness (QED) is 0.307. The fourth-order valence-corrected chi connectivity index (χ4v) is 3.11. The van der Waals surface area contributed by atoms with Crippen LogP contribution < -0.4 is 0 Å². The predicted octanol–water partition coefficient (Wildman–Crippen LogP) is 7.12. The van der Waals surface area contributed by atoms with Crippen LogP contribution in [0.2, 0.25) is 0 Å². The van der Waals surface area contributed by atoms with Crippen LogP contribution in [-0.2, 0) is 0 Å². The van der Waals surface area contributed by atoms with Gasteiger partial charge in [0.25, 0.3) is 0 Å². The molecule has 0 aromatic rings. The number of unbranched alkanes of at least 4 members (excludes halogenated alkanes) is 6. The van der Waals surface area contributed by atoms with E-state index in [1.54, 1.807) is 0 Å². The molecule has 0 nitrogen and oxygen atoms in total. The van der Waals surface area contributed by atoms with Gasteiger partial charge in [0.1, 0.15) is 0 Å². The van der Waals surface area contributed by atoms with Gasteiger partial charge < -0.3 is 0 Å². The Morgan fingerprint density at radius 3 is 1.39 bits per heavy atom. The Hall–Kier alpha value is 0. The normalized spacial score (nSPS) is 12.0. The van der Waals surface area contributed by atoms with Crippen LogP contribution >= 0.6 is 0 Å². The van der Waals surface area contributed by atoms with Gasteiger partial charge in [-0.15, -0.1) is 0 Å². The monoisotopic (exact) mass is 254 g/mol. The Kier molecular flexibility index (Phi) is 12.1. The van der Waals surface area contributed by atoms with E-state index in [1.807, 2.05) is 0 Å². The van der Waals surface area contributed by atoms with Gasteiger partial charge in [-0.3, -0.25) is 0 Å². The molecule has 0 saturated heterocycles. The van der Waals surface area contributed by atoms with Gasteiger partial charge in [0.05, 0.1) is 0 Å². The number of hydrogen-bond acceptors (Lipinski definition) is 0. The standard InChI is InChI=1S/C18H38/c1-5-9-12-13-14-17-18(8-4,15-10-6-2)16-11-7-3/h5-17H2,1-4H3. The molecule has 0 bridgehead atoms. The van der Waals surface area contributed by atoms with Gasteiger partial charge in [-0.2, -0.15) is 0 Å². The van der Waals surface area contributed by atoms with E-state index in [-0.39, 0.29) is 0 Å². The van der Waals surface area contributed by atoms with Crippen molar-refractivity contribution in [2.45, 2.75) is 111 Å². The van der Waals surface area contributed by atoms with E-state index in [9.17, 15) is 0 Å². The third-order valence-corrected chi connectivity index (χ3v) is 4.68. The summed E-state index contributed by atoms with van der Waals surface area (Å²) in [5, 5.41) is 0. The van der Waals surface area contributed by atoms with Crippen LogP contribution in [0.5, 0.6) is 0 Å². The Morgan fingerprint density at radius 1 is 0.500 bits per heavy atom. The Labute approximate surface area is 117 Å². The smallest absolute Gasteiger partial charge is 0.0300 e. The predicted molar refractivity (Wildman–Crippen MR) is 85.2 cm³/mol. The largest absolute Gasteiger partial charge is 0.0654 e. The summed E-state index contributed by atoms with van der Waals surface area (Å²) in [5.74, 6) is 0. The molecule has 0 fully saturated rings. The molecule has 0 aromatic carbocycles. The summed E-state index contributed by atoms with van der Waals surface area (Å²) in [6.07, 6.45) is 18.7. The minimum Gasteiger partial charge on any atom is -0.0654 e. The average Bonchev–Trinajstić information content (AvgIpc) is 2.41. The van der Waals surface area contributed by atoms with Crippen molar-refractivity contribution in [2.24, 2.45) is 5.41 Å². The lowest BCUT2D eigenvalue weighted by Crippen LogP contribution is -2.20. The molecule has 0 saturated carbocycles. The van der Waals surface area contributed by atoms with Gasteiger partial charge in [-0.1, -0.05) is 91.9 Å². The zero-order valence-corrected chi connectivity index (χ0v) is 13.7. The molecule has 0 aliphatic carbocycles. The fourth-order valence-electron chi connectivity index (χ4n) is 3.11. The molecule has 0 N–H and O–H groups in total. The molecule has 0 spiro atoms. The van der Waals surface area contributed by atoms with Crippen molar-refractivity contribution in [1.29, 1.82) is 0 Å². The van der Waals surface area contributed by atoms with Crippen LogP contribution in [0, 0.1) is 5.41 Å². The number of hydrogen-bond donors (Lipinski definition) is 0. The molecule has 0 aliphatic rings. The van der Waals surface area contributed by atoms with Gasteiger partial charge in [0.2, 0.25) is 0 Å². The molecule has 110 valence electrons. The van der Waals surface area contributed by atoms with Crippen molar-refractivity contribution in [3.05, 3.63) is 0 Å². The molecule has 0 unspecified atom stereocenters. The first-order valence-electron chi connectivity index (χ1n) is 8.74. The van der Waals surface area contributed by atoms with Crippen molar-refractivity contribution < 1.29 is 0 Å². The summed E-state index contributed by atoms with van der Waals surface area (Å²) in [5.41, 5.74) is 0.693. The van der Waals surface area contributed by atoms with Crippen molar-refractivity contribution in [2.75, 3.05) is 0 Å². The third kappa shape index (κ3) is 8.16. The van der Waals surface area contributed by atoms with E-state index >= 15 is 0 Å². The highest BCUT2D eigenvalue weighted by Crippen LogP contribution is 2.39. The summed E-state index contributed by atoms with van der Waals surface area (Å²) in [7, 11) is 0. The second-order valence-electron chi connectivity index (χ2n) is 6.22. The van der Waals surface area contributed by atoms with Gasteiger partial charge in [-0.25, -0.2) is 0 Å². The molecular weight excluding hydrogens is 216 g/mol. The van der Waals surface area contributed by atoms with Crippen LogP contribution in [0.3, 0.4) is 0 Å². The van der Waals surface area contributed by atoms with Crippen molar-refractivity contribution in [3.8, 4) is 0 Å². The molecule has 18 heavy (non-hydrogen) atoms. The highest BCUT2D eigenvalue weighted by Gasteiger charge is 2.25. The van der Waals surface area contributed by atoms with Crippen molar-refractivity contribution in [1.82, 2.24) is 0 Å². The summed E-state index contributed by atoms with van der Waals surface area (Å²) >= 11 is 0. The molecule has 0 aromatic heterocycles. The Morgan fingerprint density at radius 2 is 0.944 bits per heavy atom. The van der Waals surface area contributed by atoms with E-state index in [2.05, 4.69) is 27.7 Å². The SMILES string of the molecule is CCCCCCCC(CC)(CCCC)CCCC. The van der Waals surface area contributed by atoms with E-state index in [0.29, 0.717) is 5.41 Å². The van der Waals surface area contributed by atoms with Gasteiger partial charge >= 0.3 is 0 Å². The number of rotatable bonds is 13. The molecule has 0 aliphatic heterocycles. The second kappa shape index (κ2) is 12.1. The maximum absolute atomic E-state index is 2.43. The zero-order valence-electron chi connectivity index (χ0n) is 13.7. The molecule has 0 radical (unpaired) electrons. The first-order chi connectivity index (χ1) is 8.74. The first kappa shape index (κ1) is 18.0. The van der Waals surface area contributed by atoms with Crippen LogP contribution in [0.15, 0.2) is 0 Å². The second-order valence-corrected chi connectivity index (χ2v) is 6.22. The minimum absolute atomic E-state index is 0.693. The lowest BCUT2D eigenvalue weighted by Gasteiger charge is -2.33. The molecular formula is C18H38. The summed E-state index contributed by atoms with van der Waals surface area (Å²) in [4.78, 5) is 0. The summed E-state index contributed by atoms with van der Waals surface area (Å²) in [6.45, 7) is 9.40. The minimum atomic E-state index is 0.693. The molecule has 0 heterocycles. The van der Waals surface area contributed by atoms with Crippen LogP contribution in [0.25, 0.3) is 0 Å². The van der Waals surface area contributed by atoms with E-state index in [0.717, 1.165) is 0 Å².